The summed E-state index contributed by atoms with van der Waals surface area (Å²) in [5.41, 5.74) is -0.0412. The first kappa shape index (κ1) is 15.8. The Hall–Kier alpha value is -1.27. The van der Waals surface area contributed by atoms with Gasteiger partial charge in [0.05, 0.1) is 27.6 Å². The average molecular weight is 304 g/mol. The Morgan fingerprint density at radius 2 is 2.05 bits per heavy atom. The first-order valence-electron chi connectivity index (χ1n) is 5.64. The summed E-state index contributed by atoms with van der Waals surface area (Å²) < 4.78 is 5.06. The van der Waals surface area contributed by atoms with E-state index in [0.29, 0.717) is 5.92 Å². The highest BCUT2D eigenvalue weighted by Gasteiger charge is 2.18. The molecule has 0 aromatic heterocycles. The third-order valence-electron chi connectivity index (χ3n) is 2.60. The maximum Gasteiger partial charge on any atom is 0.351 e. The number of halogens is 1. The van der Waals surface area contributed by atoms with Crippen molar-refractivity contribution in [2.24, 2.45) is 5.92 Å². The lowest BCUT2D eigenvalue weighted by Crippen LogP contribution is -2.09. The molecule has 0 N–H and O–H groups in total. The number of benzene rings is 1. The summed E-state index contributed by atoms with van der Waals surface area (Å²) in [7, 11) is 0. The Kier molecular flexibility index (Phi) is 5.62. The fraction of sp³-hybridized carbons (Fsp3) is 0.417. The first-order valence-corrected chi connectivity index (χ1v) is 6.82. The van der Waals surface area contributed by atoms with Crippen molar-refractivity contribution < 1.29 is 13.9 Å². The molecule has 0 spiro atoms. The fourth-order valence-corrected chi connectivity index (χ4v) is 1.86. The van der Waals surface area contributed by atoms with Gasteiger partial charge in [0.2, 0.25) is 0 Å². The molecule has 5 nitrogen and oxygen atoms in total. The van der Waals surface area contributed by atoms with Gasteiger partial charge in [0, 0.05) is 17.4 Å². The number of hydrogen-bond donors (Lipinski definition) is 0. The zero-order valence-electron chi connectivity index (χ0n) is 10.8. The molecule has 1 rings (SSSR count). The molecule has 104 valence electrons. The van der Waals surface area contributed by atoms with E-state index < -0.39 is 10.9 Å². The molecule has 0 saturated heterocycles. The maximum atomic E-state index is 11.8. The van der Waals surface area contributed by atoms with E-state index in [-0.39, 0.29) is 21.5 Å². The molecule has 1 atom stereocenters. The van der Waals surface area contributed by atoms with Gasteiger partial charge in [-0.2, -0.15) is 0 Å². The van der Waals surface area contributed by atoms with Crippen LogP contribution >= 0.6 is 23.6 Å². The van der Waals surface area contributed by atoms with Crippen LogP contribution in [0.25, 0.3) is 0 Å². The number of nitro benzene ring substituents is 1. The monoisotopic (exact) mass is 303 g/mol. The normalized spacial score (nSPS) is 12.3. The molecule has 0 aliphatic heterocycles. The standard InChI is InChI=1S/C12H14ClNO4S/c1-7(2)8(3)19-18-12(15)10-5-4-9(14(16)17)6-11(10)13/h4-8H,1-3H3. The van der Waals surface area contributed by atoms with E-state index in [1.54, 1.807) is 0 Å². The van der Waals surface area contributed by atoms with Crippen LogP contribution in [0.15, 0.2) is 18.2 Å². The second kappa shape index (κ2) is 6.77. The van der Waals surface area contributed by atoms with Crippen molar-refractivity contribution in [3.05, 3.63) is 38.9 Å². The summed E-state index contributed by atoms with van der Waals surface area (Å²) in [6.45, 7) is 5.98. The highest BCUT2D eigenvalue weighted by Crippen LogP contribution is 2.26. The van der Waals surface area contributed by atoms with E-state index in [2.05, 4.69) is 0 Å². The van der Waals surface area contributed by atoms with Gasteiger partial charge >= 0.3 is 5.97 Å². The second-order valence-electron chi connectivity index (χ2n) is 4.34. The minimum Gasteiger partial charge on any atom is -0.387 e. The van der Waals surface area contributed by atoms with Crippen molar-refractivity contribution in [2.45, 2.75) is 26.0 Å². The van der Waals surface area contributed by atoms with Gasteiger partial charge in [0.25, 0.3) is 5.69 Å². The van der Waals surface area contributed by atoms with E-state index in [0.717, 1.165) is 18.1 Å². The number of nitrogens with zero attached hydrogens (tertiary/aromatic N) is 1. The highest BCUT2D eigenvalue weighted by molar-refractivity contribution is 7.95. The van der Waals surface area contributed by atoms with E-state index in [4.69, 9.17) is 15.8 Å². The topological polar surface area (TPSA) is 69.4 Å². The van der Waals surface area contributed by atoms with E-state index in [9.17, 15) is 14.9 Å². The van der Waals surface area contributed by atoms with Crippen molar-refractivity contribution in [1.82, 2.24) is 0 Å². The summed E-state index contributed by atoms with van der Waals surface area (Å²) in [4.78, 5) is 21.8. The van der Waals surface area contributed by atoms with E-state index in [1.165, 1.54) is 12.1 Å². The molecule has 0 saturated carbocycles. The zero-order chi connectivity index (χ0) is 14.6. The van der Waals surface area contributed by atoms with E-state index in [1.807, 2.05) is 20.8 Å². The number of non-ortho nitro benzene ring substituents is 1. The molecule has 0 radical (unpaired) electrons. The Balaban J connectivity index is 2.75. The second-order valence-corrected chi connectivity index (χ2v) is 5.85. The van der Waals surface area contributed by atoms with Crippen molar-refractivity contribution in [2.75, 3.05) is 0 Å². The Morgan fingerprint density at radius 1 is 1.42 bits per heavy atom. The molecule has 7 heteroatoms. The largest absolute Gasteiger partial charge is 0.387 e. The first-order chi connectivity index (χ1) is 8.82. The number of carbonyl (C=O) groups excluding carboxylic acids is 1. The molecular weight excluding hydrogens is 290 g/mol. The predicted octanol–water partition coefficient (Wildman–Crippen LogP) is 4.10. The molecule has 1 unspecified atom stereocenters. The van der Waals surface area contributed by atoms with Gasteiger partial charge in [-0.05, 0) is 18.9 Å². The lowest BCUT2D eigenvalue weighted by Gasteiger charge is -2.13. The van der Waals surface area contributed by atoms with Crippen LogP contribution in [-0.4, -0.2) is 16.1 Å². The highest BCUT2D eigenvalue weighted by atomic mass is 35.5. The summed E-state index contributed by atoms with van der Waals surface area (Å²) in [5, 5.41) is 10.7. The average Bonchev–Trinajstić information content (AvgIpc) is 2.34. The molecule has 1 aromatic rings. The summed E-state index contributed by atoms with van der Waals surface area (Å²) in [6.07, 6.45) is 0. The molecule has 19 heavy (non-hydrogen) atoms. The number of rotatable bonds is 5. The molecule has 0 bridgehead atoms. The van der Waals surface area contributed by atoms with Gasteiger partial charge in [-0.25, -0.2) is 4.79 Å². The van der Waals surface area contributed by atoms with Crippen LogP contribution in [0.4, 0.5) is 5.69 Å². The van der Waals surface area contributed by atoms with Crippen LogP contribution in [0.5, 0.6) is 0 Å². The van der Waals surface area contributed by atoms with Crippen LogP contribution in [-0.2, 0) is 4.18 Å². The van der Waals surface area contributed by atoms with Crippen LogP contribution < -0.4 is 0 Å². The molecule has 0 amide bonds. The third kappa shape index (κ3) is 4.40. The summed E-state index contributed by atoms with van der Waals surface area (Å²) >= 11 is 6.90. The summed E-state index contributed by atoms with van der Waals surface area (Å²) in [5.74, 6) is -0.234. The maximum absolute atomic E-state index is 11.8. The minimum atomic E-state index is -0.600. The van der Waals surface area contributed by atoms with Crippen LogP contribution in [0.1, 0.15) is 31.1 Å². The van der Waals surface area contributed by atoms with E-state index >= 15 is 0 Å². The van der Waals surface area contributed by atoms with Crippen molar-refractivity contribution >= 4 is 35.3 Å². The van der Waals surface area contributed by atoms with Crippen molar-refractivity contribution in [3.63, 3.8) is 0 Å². The minimum absolute atomic E-state index is 0.0111. The van der Waals surface area contributed by atoms with Gasteiger partial charge < -0.3 is 4.18 Å². The lowest BCUT2D eigenvalue weighted by atomic mass is 10.2. The van der Waals surface area contributed by atoms with Gasteiger partial charge in [-0.1, -0.05) is 25.4 Å². The molecule has 0 aliphatic carbocycles. The van der Waals surface area contributed by atoms with Crippen LogP contribution in [0, 0.1) is 16.0 Å². The molecule has 1 aromatic carbocycles. The van der Waals surface area contributed by atoms with Crippen molar-refractivity contribution in [1.29, 1.82) is 0 Å². The molecule has 0 heterocycles. The third-order valence-corrected chi connectivity index (χ3v) is 4.01. The quantitative estimate of drug-likeness (QED) is 0.465. The molecule has 0 aliphatic rings. The smallest absolute Gasteiger partial charge is 0.351 e. The van der Waals surface area contributed by atoms with Gasteiger partial charge in [0.1, 0.15) is 0 Å². The van der Waals surface area contributed by atoms with Gasteiger partial charge in [0.15, 0.2) is 0 Å². The number of carbonyl (C=O) groups is 1. The Morgan fingerprint density at radius 3 is 2.53 bits per heavy atom. The van der Waals surface area contributed by atoms with Crippen LogP contribution in [0.2, 0.25) is 5.02 Å². The lowest BCUT2D eigenvalue weighted by molar-refractivity contribution is -0.384. The fourth-order valence-electron chi connectivity index (χ4n) is 1.06. The van der Waals surface area contributed by atoms with Crippen molar-refractivity contribution in [3.8, 4) is 0 Å². The predicted molar refractivity (Wildman–Crippen MR) is 75.4 cm³/mol. The van der Waals surface area contributed by atoms with Gasteiger partial charge in [-0.3, -0.25) is 10.1 Å². The zero-order valence-corrected chi connectivity index (χ0v) is 12.3. The van der Waals surface area contributed by atoms with Crippen LogP contribution in [0.3, 0.4) is 0 Å². The van der Waals surface area contributed by atoms with Gasteiger partial charge in [-0.15, -0.1) is 0 Å². The molecule has 0 fully saturated rings. The number of nitro groups is 1. The summed E-state index contributed by atoms with van der Waals surface area (Å²) in [6, 6.07) is 3.65. The SMILES string of the molecule is CC(C)C(C)SOC(=O)c1ccc([N+](=O)[O-])cc1Cl. The Labute approximate surface area is 120 Å². The Bertz CT molecular complexity index is 493. The molecular formula is C12H14ClNO4S. The number of hydrogen-bond acceptors (Lipinski definition) is 5.